The fourth-order valence-corrected chi connectivity index (χ4v) is 4.71. The van der Waals surface area contributed by atoms with Crippen LogP contribution in [0.1, 0.15) is 52.4 Å². The molecular weight excluding hydrogens is 279 g/mol. The SMILES string of the molecule is CCCC(=O)CCP(CCC(=O)CCC)c1ccccc1. The van der Waals surface area contributed by atoms with Crippen LogP contribution in [-0.4, -0.2) is 23.9 Å². The largest absolute Gasteiger partial charge is 0.300 e. The van der Waals surface area contributed by atoms with E-state index in [1.54, 1.807) is 0 Å². The van der Waals surface area contributed by atoms with E-state index < -0.39 is 0 Å². The molecule has 116 valence electrons. The number of carbonyl (C=O) groups excluding carboxylic acids is 2. The Hall–Kier alpha value is -1.01. The van der Waals surface area contributed by atoms with E-state index in [9.17, 15) is 9.59 Å². The molecule has 2 nitrogen and oxygen atoms in total. The first kappa shape index (κ1) is 18.0. The third-order valence-corrected chi connectivity index (χ3v) is 6.06. The van der Waals surface area contributed by atoms with Crippen molar-refractivity contribution in [1.82, 2.24) is 0 Å². The Morgan fingerprint density at radius 1 is 0.810 bits per heavy atom. The van der Waals surface area contributed by atoms with Crippen LogP contribution in [0.3, 0.4) is 0 Å². The second-order valence-corrected chi connectivity index (χ2v) is 7.89. The summed E-state index contributed by atoms with van der Waals surface area (Å²) >= 11 is 0. The lowest BCUT2D eigenvalue weighted by Crippen LogP contribution is -2.11. The molecule has 0 bridgehead atoms. The number of Topliss-reactive ketones (excluding diaryl/α,β-unsaturated/α-hetero) is 2. The first-order chi connectivity index (χ1) is 10.2. The number of ketones is 2. The van der Waals surface area contributed by atoms with Crippen molar-refractivity contribution in [2.45, 2.75) is 52.4 Å². The zero-order chi connectivity index (χ0) is 15.5. The van der Waals surface area contributed by atoms with E-state index in [-0.39, 0.29) is 7.92 Å². The van der Waals surface area contributed by atoms with E-state index >= 15 is 0 Å². The quantitative estimate of drug-likeness (QED) is 0.571. The fourth-order valence-electron chi connectivity index (χ4n) is 2.34. The minimum absolute atomic E-state index is 0.362. The van der Waals surface area contributed by atoms with Gasteiger partial charge in [-0.05, 0) is 30.5 Å². The van der Waals surface area contributed by atoms with E-state index in [0.717, 1.165) is 25.2 Å². The maximum atomic E-state index is 11.8. The molecule has 1 aromatic rings. The van der Waals surface area contributed by atoms with Crippen LogP contribution < -0.4 is 5.30 Å². The molecule has 0 aliphatic rings. The van der Waals surface area contributed by atoms with Crippen LogP contribution >= 0.6 is 7.92 Å². The molecule has 0 aromatic heterocycles. The molecule has 0 unspecified atom stereocenters. The van der Waals surface area contributed by atoms with Crippen LogP contribution in [0, 0.1) is 0 Å². The first-order valence-electron chi connectivity index (χ1n) is 8.00. The minimum atomic E-state index is -0.384. The van der Waals surface area contributed by atoms with E-state index in [0.29, 0.717) is 37.2 Å². The summed E-state index contributed by atoms with van der Waals surface area (Å²) in [5.41, 5.74) is 0. The third kappa shape index (κ3) is 7.52. The zero-order valence-corrected chi connectivity index (χ0v) is 14.2. The summed E-state index contributed by atoms with van der Waals surface area (Å²) in [4.78, 5) is 23.5. The normalized spacial score (nSPS) is 10.8. The molecule has 0 spiro atoms. The number of hydrogen-bond donors (Lipinski definition) is 0. The standard InChI is InChI=1S/C18H27O2P/c1-3-8-16(19)12-14-21(15-13-17(20)9-4-2)18-10-6-5-7-11-18/h5-7,10-11H,3-4,8-9,12-15H2,1-2H3. The summed E-state index contributed by atoms with van der Waals surface area (Å²) in [6, 6.07) is 10.4. The van der Waals surface area contributed by atoms with Gasteiger partial charge in [-0.1, -0.05) is 52.1 Å². The van der Waals surface area contributed by atoms with Gasteiger partial charge in [0.1, 0.15) is 11.6 Å². The number of benzene rings is 1. The highest BCUT2D eigenvalue weighted by Gasteiger charge is 2.14. The average molecular weight is 306 g/mol. The Morgan fingerprint density at radius 3 is 1.71 bits per heavy atom. The van der Waals surface area contributed by atoms with Gasteiger partial charge in [0.05, 0.1) is 0 Å². The molecule has 0 amide bonds. The number of rotatable bonds is 11. The van der Waals surface area contributed by atoms with Crippen LogP contribution in [0.25, 0.3) is 0 Å². The van der Waals surface area contributed by atoms with Crippen molar-refractivity contribution in [1.29, 1.82) is 0 Å². The van der Waals surface area contributed by atoms with Crippen LogP contribution in [0.5, 0.6) is 0 Å². The monoisotopic (exact) mass is 306 g/mol. The predicted molar refractivity (Wildman–Crippen MR) is 91.8 cm³/mol. The van der Waals surface area contributed by atoms with Crippen molar-refractivity contribution in [2.75, 3.05) is 12.3 Å². The number of hydrogen-bond acceptors (Lipinski definition) is 2. The van der Waals surface area contributed by atoms with Crippen molar-refractivity contribution in [2.24, 2.45) is 0 Å². The van der Waals surface area contributed by atoms with Gasteiger partial charge < -0.3 is 0 Å². The van der Waals surface area contributed by atoms with Crippen molar-refractivity contribution in [3.05, 3.63) is 30.3 Å². The van der Waals surface area contributed by atoms with Gasteiger partial charge in [-0.3, -0.25) is 9.59 Å². The number of carbonyl (C=O) groups is 2. The molecule has 1 rings (SSSR count). The second kappa shape index (κ2) is 10.7. The molecule has 0 aliphatic carbocycles. The van der Waals surface area contributed by atoms with Crippen LogP contribution in [-0.2, 0) is 9.59 Å². The highest BCUT2D eigenvalue weighted by molar-refractivity contribution is 7.65. The smallest absolute Gasteiger partial charge is 0.133 e. The highest BCUT2D eigenvalue weighted by atomic mass is 31.1. The Morgan fingerprint density at radius 2 is 1.29 bits per heavy atom. The van der Waals surface area contributed by atoms with E-state index in [4.69, 9.17) is 0 Å². The molecule has 0 atom stereocenters. The Kier molecular flexibility index (Phi) is 9.17. The van der Waals surface area contributed by atoms with E-state index in [2.05, 4.69) is 12.1 Å². The summed E-state index contributed by atoms with van der Waals surface area (Å²) in [5, 5.41) is 1.32. The maximum Gasteiger partial charge on any atom is 0.133 e. The van der Waals surface area contributed by atoms with Gasteiger partial charge in [-0.2, -0.15) is 0 Å². The zero-order valence-electron chi connectivity index (χ0n) is 13.3. The molecule has 0 heterocycles. The summed E-state index contributed by atoms with van der Waals surface area (Å²) in [7, 11) is -0.384. The molecule has 21 heavy (non-hydrogen) atoms. The molecule has 0 aliphatic heterocycles. The van der Waals surface area contributed by atoms with Gasteiger partial charge in [-0.15, -0.1) is 0 Å². The summed E-state index contributed by atoms with van der Waals surface area (Å²) in [6.45, 7) is 4.09. The van der Waals surface area contributed by atoms with Gasteiger partial charge in [0.15, 0.2) is 0 Å². The summed E-state index contributed by atoms with van der Waals surface area (Å²) < 4.78 is 0. The van der Waals surface area contributed by atoms with E-state index in [1.165, 1.54) is 5.30 Å². The Balaban J connectivity index is 2.58. The summed E-state index contributed by atoms with van der Waals surface area (Å²) in [5.74, 6) is 0.724. The molecule has 0 fully saturated rings. The van der Waals surface area contributed by atoms with E-state index in [1.807, 2.05) is 32.0 Å². The van der Waals surface area contributed by atoms with Crippen molar-refractivity contribution < 1.29 is 9.59 Å². The lowest BCUT2D eigenvalue weighted by atomic mass is 10.2. The van der Waals surface area contributed by atoms with Gasteiger partial charge >= 0.3 is 0 Å². The molecular formula is C18H27O2P. The highest BCUT2D eigenvalue weighted by Crippen LogP contribution is 2.36. The Labute approximate surface area is 130 Å². The Bertz CT molecular complexity index is 406. The third-order valence-electron chi connectivity index (χ3n) is 3.50. The van der Waals surface area contributed by atoms with Crippen molar-refractivity contribution >= 4 is 24.8 Å². The predicted octanol–water partition coefficient (Wildman–Crippen LogP) is 4.31. The fraction of sp³-hybridized carbons (Fsp3) is 0.556. The van der Waals surface area contributed by atoms with Crippen LogP contribution in [0.15, 0.2) is 30.3 Å². The average Bonchev–Trinajstić information content (AvgIpc) is 2.49. The van der Waals surface area contributed by atoms with Crippen molar-refractivity contribution in [3.8, 4) is 0 Å². The van der Waals surface area contributed by atoms with Crippen molar-refractivity contribution in [3.63, 3.8) is 0 Å². The molecule has 0 saturated carbocycles. The molecule has 0 N–H and O–H groups in total. The topological polar surface area (TPSA) is 34.1 Å². The minimum Gasteiger partial charge on any atom is -0.300 e. The lowest BCUT2D eigenvalue weighted by Gasteiger charge is -2.17. The molecule has 3 heteroatoms. The lowest BCUT2D eigenvalue weighted by molar-refractivity contribution is -0.119. The van der Waals surface area contributed by atoms with Crippen LogP contribution in [0.4, 0.5) is 0 Å². The van der Waals surface area contributed by atoms with Crippen LogP contribution in [0.2, 0.25) is 0 Å². The first-order valence-corrected chi connectivity index (χ1v) is 9.72. The van der Waals surface area contributed by atoms with Gasteiger partial charge in [0, 0.05) is 25.7 Å². The second-order valence-electron chi connectivity index (χ2n) is 5.40. The van der Waals surface area contributed by atoms with Gasteiger partial charge in [0.2, 0.25) is 0 Å². The summed E-state index contributed by atoms with van der Waals surface area (Å²) in [6.07, 6.45) is 6.41. The molecule has 0 saturated heterocycles. The molecule has 0 radical (unpaired) electrons. The van der Waals surface area contributed by atoms with Gasteiger partial charge in [-0.25, -0.2) is 0 Å². The maximum absolute atomic E-state index is 11.8. The molecule has 1 aromatic carbocycles. The van der Waals surface area contributed by atoms with Gasteiger partial charge in [0.25, 0.3) is 0 Å².